The van der Waals surface area contributed by atoms with Gasteiger partial charge in [-0.1, -0.05) is 41.9 Å². The fraction of sp³-hybridized carbons (Fsp3) is 0.100. The molecule has 0 saturated heterocycles. The van der Waals surface area contributed by atoms with E-state index in [2.05, 4.69) is 21.6 Å². The lowest BCUT2D eigenvalue weighted by atomic mass is 10.1. The first kappa shape index (κ1) is 18.2. The minimum atomic E-state index is 0.678. The molecule has 0 fully saturated rings. The highest BCUT2D eigenvalue weighted by Gasteiger charge is 2.07. The number of benzene rings is 2. The Kier molecular flexibility index (Phi) is 5.71. The third kappa shape index (κ3) is 3.95. The number of rotatable bonds is 5. The van der Waals surface area contributed by atoms with Crippen molar-refractivity contribution in [3.63, 3.8) is 0 Å². The molecule has 0 aliphatic heterocycles. The van der Waals surface area contributed by atoms with Crippen LogP contribution < -0.4 is 10.6 Å². The maximum atomic E-state index is 6.00. The maximum absolute atomic E-state index is 6.00. The summed E-state index contributed by atoms with van der Waals surface area (Å²) in [6.45, 7) is 6.42. The van der Waals surface area contributed by atoms with Gasteiger partial charge in [0.2, 0.25) is 0 Å². The average molecular weight is 383 g/mol. The van der Waals surface area contributed by atoms with Crippen LogP contribution in [0.3, 0.4) is 0 Å². The van der Waals surface area contributed by atoms with Crippen LogP contribution in [0, 0.1) is 0 Å². The Bertz CT molecular complexity index is 996. The molecule has 6 heteroatoms. The molecule has 0 radical (unpaired) electrons. The van der Waals surface area contributed by atoms with Gasteiger partial charge in [-0.15, -0.1) is 17.9 Å². The van der Waals surface area contributed by atoms with Gasteiger partial charge < -0.3 is 10.4 Å². The van der Waals surface area contributed by atoms with E-state index in [9.17, 15) is 0 Å². The van der Waals surface area contributed by atoms with Crippen LogP contribution >= 0.6 is 22.9 Å². The topological polar surface area (TPSA) is 55.7 Å². The Morgan fingerprint density at radius 2 is 1.88 bits per heavy atom. The lowest BCUT2D eigenvalue weighted by Crippen LogP contribution is -2.14. The molecular formula is C20H19ClN4S. The summed E-state index contributed by atoms with van der Waals surface area (Å²) in [5.74, 6) is 5.33. The Labute approximate surface area is 161 Å². The highest BCUT2D eigenvalue weighted by atomic mass is 35.5. The van der Waals surface area contributed by atoms with Crippen molar-refractivity contribution >= 4 is 34.3 Å². The third-order valence-corrected chi connectivity index (χ3v) is 5.07. The van der Waals surface area contributed by atoms with Crippen molar-refractivity contribution in [2.75, 3.05) is 0 Å². The van der Waals surface area contributed by atoms with Gasteiger partial charge in [0.05, 0.1) is 17.1 Å². The van der Waals surface area contributed by atoms with Crippen LogP contribution in [0.25, 0.3) is 11.3 Å². The number of nitrogens with zero attached hydrogens (tertiary/aromatic N) is 3. The van der Waals surface area contributed by atoms with Gasteiger partial charge in [0.15, 0.2) is 4.80 Å². The van der Waals surface area contributed by atoms with Crippen molar-refractivity contribution in [1.82, 2.24) is 4.57 Å². The molecule has 0 bridgehead atoms. The first-order valence-electron chi connectivity index (χ1n) is 8.07. The number of hydrazone groups is 1. The van der Waals surface area contributed by atoms with Crippen molar-refractivity contribution in [3.8, 4) is 11.3 Å². The van der Waals surface area contributed by atoms with Gasteiger partial charge in [-0.2, -0.15) is 5.10 Å². The number of thiazole rings is 1. The SMILES string of the molecule is C=CCn1c(-c2ccc(Cl)cc2)csc1=Nc1ccc(/C(C)=N/N)cc1. The average Bonchev–Trinajstić information content (AvgIpc) is 3.05. The van der Waals surface area contributed by atoms with E-state index < -0.39 is 0 Å². The van der Waals surface area contributed by atoms with Gasteiger partial charge in [0.1, 0.15) is 0 Å². The fourth-order valence-corrected chi connectivity index (χ4v) is 3.60. The van der Waals surface area contributed by atoms with Crippen molar-refractivity contribution in [3.05, 3.63) is 82.0 Å². The largest absolute Gasteiger partial charge is 0.323 e. The predicted molar refractivity (Wildman–Crippen MR) is 111 cm³/mol. The summed E-state index contributed by atoms with van der Waals surface area (Å²) < 4.78 is 2.14. The van der Waals surface area contributed by atoms with Crippen LogP contribution in [-0.2, 0) is 6.54 Å². The van der Waals surface area contributed by atoms with E-state index in [1.807, 2.05) is 61.5 Å². The van der Waals surface area contributed by atoms with Gasteiger partial charge >= 0.3 is 0 Å². The molecule has 1 aromatic heterocycles. The van der Waals surface area contributed by atoms with Crippen LogP contribution in [0.15, 0.2) is 76.7 Å². The molecule has 132 valence electrons. The molecule has 2 N–H and O–H groups in total. The summed E-state index contributed by atoms with van der Waals surface area (Å²) in [5.41, 5.74) is 4.84. The van der Waals surface area contributed by atoms with Crippen LogP contribution in [0.5, 0.6) is 0 Å². The van der Waals surface area contributed by atoms with E-state index in [1.165, 1.54) is 0 Å². The highest BCUT2D eigenvalue weighted by molar-refractivity contribution is 7.07. The standard InChI is InChI=1S/C20H19ClN4S/c1-3-12-25-19(16-4-8-17(21)9-5-16)13-26-20(25)23-18-10-6-15(7-11-18)14(2)24-22/h3-11,13H,1,12,22H2,2H3/b23-20?,24-14+. The summed E-state index contributed by atoms with van der Waals surface area (Å²) in [6, 6.07) is 15.7. The monoisotopic (exact) mass is 382 g/mol. The van der Waals surface area contributed by atoms with Crippen LogP contribution in [0.1, 0.15) is 12.5 Å². The molecule has 0 atom stereocenters. The zero-order chi connectivity index (χ0) is 18.5. The van der Waals surface area contributed by atoms with E-state index in [0.717, 1.165) is 38.0 Å². The smallest absolute Gasteiger partial charge is 0.190 e. The maximum Gasteiger partial charge on any atom is 0.190 e. The summed E-state index contributed by atoms with van der Waals surface area (Å²) in [6.07, 6.45) is 1.87. The van der Waals surface area contributed by atoms with Crippen LogP contribution in [0.2, 0.25) is 5.02 Å². The number of hydrogen-bond acceptors (Lipinski definition) is 4. The summed E-state index contributed by atoms with van der Waals surface area (Å²) in [4.78, 5) is 5.70. The number of halogens is 1. The summed E-state index contributed by atoms with van der Waals surface area (Å²) in [7, 11) is 0. The Hall–Kier alpha value is -2.63. The molecule has 1 heterocycles. The lowest BCUT2D eigenvalue weighted by Gasteiger charge is -2.07. The molecule has 26 heavy (non-hydrogen) atoms. The van der Waals surface area contributed by atoms with E-state index >= 15 is 0 Å². The van der Waals surface area contributed by atoms with Crippen LogP contribution in [-0.4, -0.2) is 10.3 Å². The van der Waals surface area contributed by atoms with Crippen molar-refractivity contribution in [2.24, 2.45) is 15.9 Å². The van der Waals surface area contributed by atoms with Crippen molar-refractivity contribution < 1.29 is 0 Å². The van der Waals surface area contributed by atoms with E-state index in [-0.39, 0.29) is 0 Å². The molecule has 0 aliphatic carbocycles. The van der Waals surface area contributed by atoms with Crippen molar-refractivity contribution in [2.45, 2.75) is 13.5 Å². The molecule has 3 rings (SSSR count). The van der Waals surface area contributed by atoms with Gasteiger partial charge in [0.25, 0.3) is 0 Å². The zero-order valence-electron chi connectivity index (χ0n) is 14.4. The van der Waals surface area contributed by atoms with Gasteiger partial charge in [-0.05, 0) is 42.3 Å². The second-order valence-corrected chi connectivity index (χ2v) is 6.96. The predicted octanol–water partition coefficient (Wildman–Crippen LogP) is 4.97. The second-order valence-electron chi connectivity index (χ2n) is 5.68. The minimum Gasteiger partial charge on any atom is -0.323 e. The normalized spacial score (nSPS) is 12.4. The molecule has 0 saturated carbocycles. The quantitative estimate of drug-likeness (QED) is 0.288. The number of aromatic nitrogens is 1. The molecular weight excluding hydrogens is 364 g/mol. The lowest BCUT2D eigenvalue weighted by molar-refractivity contribution is 0.800. The van der Waals surface area contributed by atoms with E-state index in [1.54, 1.807) is 11.3 Å². The minimum absolute atomic E-state index is 0.678. The number of nitrogens with two attached hydrogens (primary N) is 1. The first-order chi connectivity index (χ1) is 12.6. The first-order valence-corrected chi connectivity index (χ1v) is 9.33. The van der Waals surface area contributed by atoms with Gasteiger partial charge in [0, 0.05) is 16.9 Å². The van der Waals surface area contributed by atoms with Crippen molar-refractivity contribution in [1.29, 1.82) is 0 Å². The van der Waals surface area contributed by atoms with Gasteiger partial charge in [-0.25, -0.2) is 4.99 Å². The Morgan fingerprint density at radius 1 is 1.19 bits per heavy atom. The Balaban J connectivity index is 2.03. The molecule has 0 aliphatic rings. The molecule has 3 aromatic rings. The number of hydrogen-bond donors (Lipinski definition) is 1. The highest BCUT2D eigenvalue weighted by Crippen LogP contribution is 2.23. The number of allylic oxidation sites excluding steroid dienone is 1. The molecule has 0 amide bonds. The second kappa shape index (κ2) is 8.17. The molecule has 2 aromatic carbocycles. The summed E-state index contributed by atoms with van der Waals surface area (Å²) in [5, 5.41) is 6.54. The zero-order valence-corrected chi connectivity index (χ0v) is 16.0. The van der Waals surface area contributed by atoms with E-state index in [0.29, 0.717) is 6.54 Å². The van der Waals surface area contributed by atoms with E-state index in [4.69, 9.17) is 22.4 Å². The molecule has 4 nitrogen and oxygen atoms in total. The fourth-order valence-electron chi connectivity index (χ4n) is 2.54. The Morgan fingerprint density at radius 3 is 2.50 bits per heavy atom. The third-order valence-electron chi connectivity index (χ3n) is 3.95. The molecule has 0 unspecified atom stereocenters. The molecule has 0 spiro atoms. The van der Waals surface area contributed by atoms with Crippen LogP contribution in [0.4, 0.5) is 5.69 Å². The van der Waals surface area contributed by atoms with Gasteiger partial charge in [-0.3, -0.25) is 0 Å². The summed E-state index contributed by atoms with van der Waals surface area (Å²) >= 11 is 7.60.